The molecule has 0 aliphatic carbocycles. The van der Waals surface area contributed by atoms with Crippen molar-refractivity contribution in [1.82, 2.24) is 24.7 Å². The normalized spacial score (nSPS) is 10.5. The molecule has 2 rings (SSSR count). The third kappa shape index (κ3) is 2.58. The quantitative estimate of drug-likeness (QED) is 0.861. The Labute approximate surface area is 100 Å². The number of nitrogens with zero attached hydrogens (tertiary/aromatic N) is 5. The van der Waals surface area contributed by atoms with E-state index in [9.17, 15) is 0 Å². The summed E-state index contributed by atoms with van der Waals surface area (Å²) in [5.41, 5.74) is 1.79. The van der Waals surface area contributed by atoms with E-state index in [-0.39, 0.29) is 0 Å². The van der Waals surface area contributed by atoms with E-state index in [1.807, 2.05) is 18.4 Å². The largest absolute Gasteiger partial charge is 0.361 e. The second kappa shape index (κ2) is 4.90. The van der Waals surface area contributed by atoms with Gasteiger partial charge in [0.15, 0.2) is 5.82 Å². The summed E-state index contributed by atoms with van der Waals surface area (Å²) in [5, 5.41) is 11.2. The van der Waals surface area contributed by atoms with Gasteiger partial charge >= 0.3 is 0 Å². The van der Waals surface area contributed by atoms with Crippen molar-refractivity contribution in [1.29, 1.82) is 0 Å². The van der Waals surface area contributed by atoms with Gasteiger partial charge in [-0.05, 0) is 20.8 Å². The second-order valence-electron chi connectivity index (χ2n) is 3.83. The van der Waals surface area contributed by atoms with E-state index in [2.05, 4.69) is 32.4 Å². The maximum absolute atomic E-state index is 4.40. The van der Waals surface area contributed by atoms with Crippen LogP contribution in [0, 0.1) is 13.8 Å². The smallest absolute Gasteiger partial charge is 0.152 e. The third-order valence-corrected chi connectivity index (χ3v) is 2.53. The first kappa shape index (κ1) is 11.5. The fraction of sp³-hybridized carbons (Fsp3) is 0.455. The Hall–Kier alpha value is -1.98. The van der Waals surface area contributed by atoms with Gasteiger partial charge in [0, 0.05) is 12.7 Å². The zero-order chi connectivity index (χ0) is 12.3. The van der Waals surface area contributed by atoms with Crippen molar-refractivity contribution < 1.29 is 0 Å². The molecule has 0 atom stereocenters. The van der Waals surface area contributed by atoms with Gasteiger partial charge in [-0.25, -0.2) is 4.98 Å². The number of hydrogen-bond acceptors (Lipinski definition) is 5. The Morgan fingerprint density at radius 2 is 2.18 bits per heavy atom. The van der Waals surface area contributed by atoms with Crippen molar-refractivity contribution in [3.8, 4) is 0 Å². The molecule has 0 saturated carbocycles. The molecule has 0 radical (unpaired) electrons. The van der Waals surface area contributed by atoms with Crippen LogP contribution in [0.4, 0.5) is 5.82 Å². The molecule has 0 saturated heterocycles. The van der Waals surface area contributed by atoms with Gasteiger partial charge in [-0.2, -0.15) is 0 Å². The predicted molar refractivity (Wildman–Crippen MR) is 64.5 cm³/mol. The Morgan fingerprint density at radius 1 is 1.35 bits per heavy atom. The molecule has 0 unspecified atom stereocenters. The minimum atomic E-state index is 0.604. The minimum Gasteiger partial charge on any atom is -0.361 e. The number of nitrogens with one attached hydrogen (secondary N) is 1. The monoisotopic (exact) mass is 232 g/mol. The maximum Gasteiger partial charge on any atom is 0.152 e. The first-order valence-corrected chi connectivity index (χ1v) is 5.61. The van der Waals surface area contributed by atoms with Crippen LogP contribution in [-0.4, -0.2) is 24.7 Å². The first-order valence-electron chi connectivity index (χ1n) is 5.61. The summed E-state index contributed by atoms with van der Waals surface area (Å²) >= 11 is 0. The van der Waals surface area contributed by atoms with Gasteiger partial charge in [0.2, 0.25) is 0 Å². The molecular weight excluding hydrogens is 216 g/mol. The highest BCUT2D eigenvalue weighted by atomic mass is 15.3. The van der Waals surface area contributed by atoms with Crippen molar-refractivity contribution in [2.45, 2.75) is 33.9 Å². The van der Waals surface area contributed by atoms with Crippen LogP contribution in [0.3, 0.4) is 0 Å². The summed E-state index contributed by atoms with van der Waals surface area (Å²) in [6.45, 7) is 7.38. The zero-order valence-corrected chi connectivity index (χ0v) is 10.3. The van der Waals surface area contributed by atoms with Crippen LogP contribution in [0.15, 0.2) is 12.5 Å². The number of anilines is 1. The lowest BCUT2D eigenvalue weighted by Crippen LogP contribution is -2.10. The molecule has 2 heterocycles. The van der Waals surface area contributed by atoms with Crippen LogP contribution in [0.25, 0.3) is 0 Å². The summed E-state index contributed by atoms with van der Waals surface area (Å²) in [6, 6.07) is 0. The molecule has 0 aliphatic rings. The first-order chi connectivity index (χ1) is 8.20. The average molecular weight is 232 g/mol. The van der Waals surface area contributed by atoms with Gasteiger partial charge in [-0.3, -0.25) is 4.98 Å². The predicted octanol–water partition coefficient (Wildman–Crippen LogP) is 1.32. The molecule has 0 fully saturated rings. The van der Waals surface area contributed by atoms with Gasteiger partial charge in [-0.1, -0.05) is 0 Å². The molecule has 0 aliphatic heterocycles. The van der Waals surface area contributed by atoms with E-state index < -0.39 is 0 Å². The molecule has 0 spiro atoms. The average Bonchev–Trinajstić information content (AvgIpc) is 2.77. The van der Waals surface area contributed by atoms with Crippen LogP contribution in [-0.2, 0) is 13.1 Å². The van der Waals surface area contributed by atoms with E-state index in [1.54, 1.807) is 12.5 Å². The number of aryl methyl sites for hydroxylation is 3. The fourth-order valence-electron chi connectivity index (χ4n) is 1.55. The highest BCUT2D eigenvalue weighted by molar-refractivity contribution is 5.39. The molecule has 90 valence electrons. The number of hydrogen-bond donors (Lipinski definition) is 1. The SMILES string of the molecule is CCn1cnnc1CNc1nc(C)cnc1C. The van der Waals surface area contributed by atoms with Gasteiger partial charge in [0.05, 0.1) is 17.9 Å². The van der Waals surface area contributed by atoms with Crippen molar-refractivity contribution >= 4 is 5.82 Å². The van der Waals surface area contributed by atoms with Crippen LogP contribution in [0.2, 0.25) is 0 Å². The van der Waals surface area contributed by atoms with Crippen LogP contribution >= 0.6 is 0 Å². The van der Waals surface area contributed by atoms with Gasteiger partial charge in [0.1, 0.15) is 12.1 Å². The minimum absolute atomic E-state index is 0.604. The molecular formula is C11H16N6. The van der Waals surface area contributed by atoms with Crippen LogP contribution < -0.4 is 5.32 Å². The Morgan fingerprint density at radius 3 is 2.94 bits per heavy atom. The molecule has 17 heavy (non-hydrogen) atoms. The van der Waals surface area contributed by atoms with Gasteiger partial charge < -0.3 is 9.88 Å². The Bertz CT molecular complexity index is 504. The summed E-state index contributed by atoms with van der Waals surface area (Å²) in [7, 11) is 0. The number of rotatable bonds is 4. The summed E-state index contributed by atoms with van der Waals surface area (Å²) in [4.78, 5) is 8.65. The molecule has 6 nitrogen and oxygen atoms in total. The van der Waals surface area contributed by atoms with E-state index in [4.69, 9.17) is 0 Å². The van der Waals surface area contributed by atoms with Crippen LogP contribution in [0.5, 0.6) is 0 Å². The van der Waals surface area contributed by atoms with Crippen LogP contribution in [0.1, 0.15) is 24.1 Å². The van der Waals surface area contributed by atoms with Crippen molar-refractivity contribution in [2.24, 2.45) is 0 Å². The Balaban J connectivity index is 2.09. The lowest BCUT2D eigenvalue weighted by Gasteiger charge is -2.08. The van der Waals surface area contributed by atoms with E-state index in [0.29, 0.717) is 6.54 Å². The number of aromatic nitrogens is 5. The maximum atomic E-state index is 4.40. The van der Waals surface area contributed by atoms with Gasteiger partial charge in [0.25, 0.3) is 0 Å². The zero-order valence-electron chi connectivity index (χ0n) is 10.3. The fourth-order valence-corrected chi connectivity index (χ4v) is 1.55. The molecule has 2 aromatic rings. The van der Waals surface area contributed by atoms with Gasteiger partial charge in [-0.15, -0.1) is 10.2 Å². The van der Waals surface area contributed by atoms with Crippen molar-refractivity contribution in [3.05, 3.63) is 29.7 Å². The van der Waals surface area contributed by atoms with Crippen molar-refractivity contribution in [2.75, 3.05) is 5.32 Å². The summed E-state index contributed by atoms with van der Waals surface area (Å²) in [6.07, 6.45) is 3.49. The Kier molecular flexibility index (Phi) is 3.32. The molecule has 1 N–H and O–H groups in total. The lowest BCUT2D eigenvalue weighted by atomic mass is 10.4. The molecule has 0 aromatic carbocycles. The highest BCUT2D eigenvalue weighted by Gasteiger charge is 2.05. The van der Waals surface area contributed by atoms with Crippen molar-refractivity contribution in [3.63, 3.8) is 0 Å². The third-order valence-electron chi connectivity index (χ3n) is 2.53. The van der Waals surface area contributed by atoms with E-state index in [0.717, 1.165) is 29.6 Å². The summed E-state index contributed by atoms with van der Waals surface area (Å²) in [5.74, 6) is 1.70. The van der Waals surface area contributed by atoms with E-state index in [1.165, 1.54) is 0 Å². The second-order valence-corrected chi connectivity index (χ2v) is 3.83. The standard InChI is InChI=1S/C11H16N6/c1-4-17-7-14-16-10(17)6-13-11-9(3)12-5-8(2)15-11/h5,7H,4,6H2,1-3H3,(H,13,15). The molecule has 0 amide bonds. The van der Waals surface area contributed by atoms with E-state index >= 15 is 0 Å². The molecule has 6 heteroatoms. The molecule has 0 bridgehead atoms. The summed E-state index contributed by atoms with van der Waals surface area (Å²) < 4.78 is 1.99. The highest BCUT2D eigenvalue weighted by Crippen LogP contribution is 2.09. The molecule has 2 aromatic heterocycles. The lowest BCUT2D eigenvalue weighted by molar-refractivity contribution is 0.706. The topological polar surface area (TPSA) is 68.5 Å².